The normalized spacial score (nSPS) is 22.7. The van der Waals surface area contributed by atoms with Gasteiger partial charge in [0.05, 0.1) is 19.3 Å². The summed E-state index contributed by atoms with van der Waals surface area (Å²) in [5, 5.41) is 20.9. The average molecular weight is 371 g/mol. The molecule has 27 heavy (non-hydrogen) atoms. The molecular weight excluding hydrogens is 342 g/mol. The lowest BCUT2D eigenvalue weighted by molar-refractivity contribution is -0.152. The van der Waals surface area contributed by atoms with Crippen molar-refractivity contribution in [3.05, 3.63) is 72.9 Å². The van der Waals surface area contributed by atoms with Gasteiger partial charge in [0.1, 0.15) is 6.04 Å². The molecule has 1 fully saturated rings. The van der Waals surface area contributed by atoms with Gasteiger partial charge in [-0.15, -0.1) is 0 Å². The first-order valence-electron chi connectivity index (χ1n) is 9.25. The van der Waals surface area contributed by atoms with Crippen LogP contribution in [0, 0.1) is 5.92 Å². The zero-order chi connectivity index (χ0) is 19.8. The van der Waals surface area contributed by atoms with Crippen LogP contribution in [0.2, 0.25) is 0 Å². The maximum Gasteiger partial charge on any atom is 0.325 e. The van der Waals surface area contributed by atoms with E-state index in [2.05, 4.69) is 13.2 Å². The van der Waals surface area contributed by atoms with E-state index in [0.29, 0.717) is 13.0 Å². The number of aliphatic hydroxyl groups is 2. The SMILES string of the molecule is C=C/C=C/[C@@H]1C(=C)CN([C@@H](CO)C(=O)OCC)[C@H]1[C@@H](O)Cc1ccccc1. The highest BCUT2D eigenvalue weighted by atomic mass is 16.5. The molecule has 0 amide bonds. The monoisotopic (exact) mass is 371 g/mol. The van der Waals surface area contributed by atoms with Crippen LogP contribution in [0.25, 0.3) is 0 Å². The summed E-state index contributed by atoms with van der Waals surface area (Å²) in [6, 6.07) is 8.48. The molecule has 5 heteroatoms. The molecular formula is C22H29NO4. The predicted molar refractivity (Wildman–Crippen MR) is 106 cm³/mol. The number of carbonyl (C=O) groups excluding carboxylic acids is 1. The number of carbonyl (C=O) groups is 1. The zero-order valence-corrected chi connectivity index (χ0v) is 15.8. The van der Waals surface area contributed by atoms with Crippen molar-refractivity contribution in [3.8, 4) is 0 Å². The molecule has 0 aliphatic carbocycles. The highest BCUT2D eigenvalue weighted by Crippen LogP contribution is 2.34. The van der Waals surface area contributed by atoms with Crippen LogP contribution >= 0.6 is 0 Å². The van der Waals surface area contributed by atoms with Crippen LogP contribution in [-0.2, 0) is 16.0 Å². The highest BCUT2D eigenvalue weighted by molar-refractivity contribution is 5.76. The van der Waals surface area contributed by atoms with E-state index in [1.54, 1.807) is 13.0 Å². The van der Waals surface area contributed by atoms with Crippen molar-refractivity contribution in [3.63, 3.8) is 0 Å². The second kappa shape index (κ2) is 10.2. The van der Waals surface area contributed by atoms with Gasteiger partial charge in [-0.2, -0.15) is 0 Å². The minimum Gasteiger partial charge on any atom is -0.465 e. The molecule has 1 aliphatic heterocycles. The third-order valence-electron chi connectivity index (χ3n) is 4.88. The van der Waals surface area contributed by atoms with Crippen molar-refractivity contribution < 1.29 is 19.7 Å². The Morgan fingerprint density at radius 2 is 2.11 bits per heavy atom. The molecule has 1 saturated heterocycles. The number of nitrogens with zero attached hydrogens (tertiary/aromatic N) is 1. The maximum atomic E-state index is 12.3. The summed E-state index contributed by atoms with van der Waals surface area (Å²) in [7, 11) is 0. The first kappa shape index (κ1) is 21.1. The molecule has 2 rings (SSSR count). The number of hydrogen-bond donors (Lipinski definition) is 2. The quantitative estimate of drug-likeness (QED) is 0.395. The summed E-state index contributed by atoms with van der Waals surface area (Å²) >= 11 is 0. The Bertz CT molecular complexity index is 670. The fraction of sp³-hybridized carbons (Fsp3) is 0.409. The lowest BCUT2D eigenvalue weighted by atomic mass is 9.89. The molecule has 146 valence electrons. The molecule has 1 aromatic rings. The van der Waals surface area contributed by atoms with Crippen molar-refractivity contribution in [2.24, 2.45) is 5.92 Å². The molecule has 1 heterocycles. The molecule has 1 aromatic carbocycles. The summed E-state index contributed by atoms with van der Waals surface area (Å²) < 4.78 is 5.12. The van der Waals surface area contributed by atoms with Gasteiger partial charge in [0.15, 0.2) is 0 Å². The van der Waals surface area contributed by atoms with E-state index in [9.17, 15) is 15.0 Å². The summed E-state index contributed by atoms with van der Waals surface area (Å²) in [6.45, 7) is 9.83. The number of rotatable bonds is 9. The van der Waals surface area contributed by atoms with E-state index in [4.69, 9.17) is 4.74 Å². The second-order valence-corrected chi connectivity index (χ2v) is 6.68. The molecule has 5 nitrogen and oxygen atoms in total. The van der Waals surface area contributed by atoms with Crippen molar-refractivity contribution in [2.45, 2.75) is 31.5 Å². The van der Waals surface area contributed by atoms with Crippen LogP contribution in [0.15, 0.2) is 67.3 Å². The van der Waals surface area contributed by atoms with Crippen molar-refractivity contribution in [2.75, 3.05) is 19.8 Å². The minimum atomic E-state index is -0.834. The maximum absolute atomic E-state index is 12.3. The van der Waals surface area contributed by atoms with Crippen LogP contribution in [0.4, 0.5) is 0 Å². The number of ether oxygens (including phenoxy) is 1. The van der Waals surface area contributed by atoms with Gasteiger partial charge in [0.25, 0.3) is 0 Å². The smallest absolute Gasteiger partial charge is 0.325 e. The van der Waals surface area contributed by atoms with E-state index >= 15 is 0 Å². The topological polar surface area (TPSA) is 70.0 Å². The standard InChI is InChI=1S/C22H29NO4/c1-4-6-12-18-16(3)14-23(19(15-24)22(26)27-5-2)21(18)20(25)13-17-10-8-7-9-11-17/h4,6-12,18-21,24-25H,1,3,5,13-15H2,2H3/b12-6+/t18-,19+,20+,21-/m1/s1. The summed E-state index contributed by atoms with van der Waals surface area (Å²) in [5.41, 5.74) is 1.89. The van der Waals surface area contributed by atoms with Gasteiger partial charge in [-0.3, -0.25) is 9.69 Å². The number of hydrogen-bond acceptors (Lipinski definition) is 5. The molecule has 1 aliphatic rings. The van der Waals surface area contributed by atoms with Crippen LogP contribution in [0.5, 0.6) is 0 Å². The van der Waals surface area contributed by atoms with Gasteiger partial charge in [-0.25, -0.2) is 0 Å². The largest absolute Gasteiger partial charge is 0.465 e. The fourth-order valence-electron chi connectivity index (χ4n) is 3.65. The zero-order valence-electron chi connectivity index (χ0n) is 15.8. The van der Waals surface area contributed by atoms with Crippen LogP contribution in [0.1, 0.15) is 12.5 Å². The molecule has 0 saturated carbocycles. The number of aliphatic hydroxyl groups excluding tert-OH is 2. The Kier molecular flexibility index (Phi) is 7.98. The van der Waals surface area contributed by atoms with Gasteiger partial charge in [-0.05, 0) is 18.9 Å². The van der Waals surface area contributed by atoms with Gasteiger partial charge < -0.3 is 14.9 Å². The molecule has 0 aromatic heterocycles. The van der Waals surface area contributed by atoms with E-state index in [-0.39, 0.29) is 19.1 Å². The summed E-state index contributed by atoms with van der Waals surface area (Å²) in [5.74, 6) is -0.636. The van der Waals surface area contributed by atoms with Crippen molar-refractivity contribution >= 4 is 5.97 Å². The second-order valence-electron chi connectivity index (χ2n) is 6.68. The Morgan fingerprint density at radius 1 is 1.41 bits per heavy atom. The van der Waals surface area contributed by atoms with E-state index in [0.717, 1.165) is 11.1 Å². The van der Waals surface area contributed by atoms with Crippen LogP contribution in [0.3, 0.4) is 0 Å². The minimum absolute atomic E-state index is 0.148. The fourth-order valence-corrected chi connectivity index (χ4v) is 3.65. The van der Waals surface area contributed by atoms with E-state index in [1.807, 2.05) is 47.4 Å². The molecule has 4 atom stereocenters. The summed E-state index contributed by atoms with van der Waals surface area (Å²) in [4.78, 5) is 14.2. The predicted octanol–water partition coefficient (Wildman–Crippen LogP) is 2.11. The van der Waals surface area contributed by atoms with Crippen LogP contribution in [-0.4, -0.2) is 59.0 Å². The first-order valence-corrected chi connectivity index (χ1v) is 9.25. The van der Waals surface area contributed by atoms with E-state index < -0.39 is 24.2 Å². The first-order chi connectivity index (χ1) is 13.0. The highest BCUT2D eigenvalue weighted by Gasteiger charge is 2.45. The van der Waals surface area contributed by atoms with Crippen molar-refractivity contribution in [1.82, 2.24) is 4.90 Å². The lowest BCUT2D eigenvalue weighted by Gasteiger charge is -2.34. The Labute approximate surface area is 161 Å². The third-order valence-corrected chi connectivity index (χ3v) is 4.88. The van der Waals surface area contributed by atoms with Gasteiger partial charge in [-0.1, -0.05) is 67.3 Å². The van der Waals surface area contributed by atoms with Gasteiger partial charge >= 0.3 is 5.97 Å². The molecule has 0 radical (unpaired) electrons. The van der Waals surface area contributed by atoms with Crippen molar-refractivity contribution in [1.29, 1.82) is 0 Å². The van der Waals surface area contributed by atoms with Gasteiger partial charge in [0.2, 0.25) is 0 Å². The molecule has 2 N–H and O–H groups in total. The summed E-state index contributed by atoms with van der Waals surface area (Å²) in [6.07, 6.45) is 5.13. The Hall–Kier alpha value is -2.21. The lowest BCUT2D eigenvalue weighted by Crippen LogP contribution is -2.52. The number of esters is 1. The molecule has 0 spiro atoms. The number of likely N-dealkylation sites (tertiary alicyclic amines) is 1. The third kappa shape index (κ3) is 5.16. The molecule has 0 bridgehead atoms. The van der Waals surface area contributed by atoms with E-state index in [1.165, 1.54) is 0 Å². The average Bonchev–Trinajstić information content (AvgIpc) is 2.97. The number of allylic oxidation sites excluding steroid dienone is 2. The van der Waals surface area contributed by atoms with Gasteiger partial charge in [0, 0.05) is 18.5 Å². The molecule has 0 unspecified atom stereocenters. The Morgan fingerprint density at radius 3 is 2.70 bits per heavy atom. The Balaban J connectivity index is 2.32. The number of benzene rings is 1. The van der Waals surface area contributed by atoms with Crippen LogP contribution < -0.4 is 0 Å².